The number of hydrogen-bond acceptors (Lipinski definition) is 4. The standard InChI is InChI=1S/C9H17N3OS2/c1-3-15-5-4-7(2)12-8(6-13)10-11-9(12)14/h7,13H,3-6H2,1-2H3,(H,11,14). The van der Waals surface area contributed by atoms with Crippen molar-refractivity contribution in [3.05, 3.63) is 10.6 Å². The molecule has 0 aliphatic heterocycles. The third-order valence-electron chi connectivity index (χ3n) is 2.24. The molecule has 0 radical (unpaired) electrons. The summed E-state index contributed by atoms with van der Waals surface area (Å²) >= 11 is 7.03. The van der Waals surface area contributed by atoms with Crippen LogP contribution in [0.2, 0.25) is 0 Å². The highest BCUT2D eigenvalue weighted by molar-refractivity contribution is 7.99. The Labute approximate surface area is 99.1 Å². The summed E-state index contributed by atoms with van der Waals surface area (Å²) in [5.41, 5.74) is 0. The molecule has 0 bridgehead atoms. The summed E-state index contributed by atoms with van der Waals surface area (Å²) in [5, 5.41) is 15.8. The third-order valence-corrected chi connectivity index (χ3v) is 3.46. The lowest BCUT2D eigenvalue weighted by atomic mass is 10.2. The molecule has 0 saturated heterocycles. The zero-order chi connectivity index (χ0) is 11.3. The molecule has 1 atom stereocenters. The first kappa shape index (κ1) is 12.7. The summed E-state index contributed by atoms with van der Waals surface area (Å²) in [7, 11) is 0. The van der Waals surface area contributed by atoms with Crippen molar-refractivity contribution in [3.8, 4) is 0 Å². The number of nitrogens with one attached hydrogen (secondary N) is 1. The molecule has 4 nitrogen and oxygen atoms in total. The van der Waals surface area contributed by atoms with Crippen LogP contribution in [0.4, 0.5) is 0 Å². The monoisotopic (exact) mass is 247 g/mol. The normalized spacial score (nSPS) is 13.0. The molecule has 86 valence electrons. The molecule has 0 aromatic carbocycles. The maximum atomic E-state index is 9.10. The average Bonchev–Trinajstić information content (AvgIpc) is 2.59. The van der Waals surface area contributed by atoms with Gasteiger partial charge in [0.05, 0.1) is 0 Å². The lowest BCUT2D eigenvalue weighted by Gasteiger charge is -2.14. The maximum absolute atomic E-state index is 9.10. The van der Waals surface area contributed by atoms with Gasteiger partial charge in [0, 0.05) is 6.04 Å². The lowest BCUT2D eigenvalue weighted by Crippen LogP contribution is -2.10. The van der Waals surface area contributed by atoms with Crippen molar-refractivity contribution >= 4 is 24.0 Å². The van der Waals surface area contributed by atoms with Gasteiger partial charge in [-0.2, -0.15) is 16.9 Å². The van der Waals surface area contributed by atoms with Crippen molar-refractivity contribution < 1.29 is 5.11 Å². The fourth-order valence-corrected chi connectivity index (χ4v) is 2.56. The van der Waals surface area contributed by atoms with Crippen LogP contribution in [-0.4, -0.2) is 31.4 Å². The van der Waals surface area contributed by atoms with E-state index in [1.807, 2.05) is 16.3 Å². The molecule has 1 unspecified atom stereocenters. The average molecular weight is 247 g/mol. The largest absolute Gasteiger partial charge is 0.388 e. The molecule has 0 saturated carbocycles. The van der Waals surface area contributed by atoms with Gasteiger partial charge in [0.2, 0.25) is 0 Å². The van der Waals surface area contributed by atoms with E-state index in [4.69, 9.17) is 17.3 Å². The van der Waals surface area contributed by atoms with Gasteiger partial charge in [-0.15, -0.1) is 0 Å². The molecular weight excluding hydrogens is 230 g/mol. The minimum atomic E-state index is -0.0710. The Bertz CT molecular complexity index is 347. The number of aliphatic hydroxyl groups excluding tert-OH is 1. The van der Waals surface area contributed by atoms with Crippen LogP contribution >= 0.6 is 24.0 Å². The van der Waals surface area contributed by atoms with Crippen molar-refractivity contribution in [1.82, 2.24) is 14.8 Å². The van der Waals surface area contributed by atoms with E-state index >= 15 is 0 Å². The molecule has 1 rings (SSSR count). The van der Waals surface area contributed by atoms with Crippen LogP contribution in [0, 0.1) is 4.77 Å². The number of aliphatic hydroxyl groups is 1. The van der Waals surface area contributed by atoms with Crippen LogP contribution in [0.25, 0.3) is 0 Å². The SMILES string of the molecule is CCSCCC(C)n1c(CO)n[nH]c1=S. The highest BCUT2D eigenvalue weighted by atomic mass is 32.2. The minimum Gasteiger partial charge on any atom is -0.388 e. The second kappa shape index (κ2) is 6.30. The van der Waals surface area contributed by atoms with E-state index in [9.17, 15) is 0 Å². The van der Waals surface area contributed by atoms with E-state index in [0.29, 0.717) is 10.6 Å². The second-order valence-corrected chi connectivity index (χ2v) is 5.09. The van der Waals surface area contributed by atoms with Gasteiger partial charge in [0.15, 0.2) is 10.6 Å². The number of aromatic nitrogens is 3. The summed E-state index contributed by atoms with van der Waals surface area (Å²) in [4.78, 5) is 0. The van der Waals surface area contributed by atoms with Crippen molar-refractivity contribution in [2.24, 2.45) is 0 Å². The Morgan fingerprint density at radius 2 is 2.40 bits per heavy atom. The number of aromatic amines is 1. The first-order valence-electron chi connectivity index (χ1n) is 5.05. The molecule has 1 heterocycles. The van der Waals surface area contributed by atoms with Gasteiger partial charge in [0.1, 0.15) is 6.61 Å². The van der Waals surface area contributed by atoms with E-state index in [1.165, 1.54) is 0 Å². The van der Waals surface area contributed by atoms with Crippen molar-refractivity contribution in [1.29, 1.82) is 0 Å². The molecule has 0 spiro atoms. The summed E-state index contributed by atoms with van der Waals surface area (Å²) in [5.74, 6) is 2.86. The second-order valence-electron chi connectivity index (χ2n) is 3.31. The number of hydrogen-bond donors (Lipinski definition) is 2. The van der Waals surface area contributed by atoms with E-state index < -0.39 is 0 Å². The Hall–Kier alpha value is -0.330. The first-order chi connectivity index (χ1) is 7.20. The van der Waals surface area contributed by atoms with Gasteiger partial charge in [-0.1, -0.05) is 6.92 Å². The fraction of sp³-hybridized carbons (Fsp3) is 0.778. The van der Waals surface area contributed by atoms with Crippen molar-refractivity contribution in [2.75, 3.05) is 11.5 Å². The van der Waals surface area contributed by atoms with Crippen LogP contribution in [0.5, 0.6) is 0 Å². The number of nitrogens with zero attached hydrogens (tertiary/aromatic N) is 2. The summed E-state index contributed by atoms with van der Waals surface area (Å²) in [6.45, 7) is 4.18. The van der Waals surface area contributed by atoms with Gasteiger partial charge in [0.25, 0.3) is 0 Å². The van der Waals surface area contributed by atoms with Crippen molar-refractivity contribution in [2.45, 2.75) is 32.9 Å². The molecule has 2 N–H and O–H groups in total. The topological polar surface area (TPSA) is 53.8 Å². The minimum absolute atomic E-state index is 0.0710. The van der Waals surface area contributed by atoms with Crippen LogP contribution in [0.3, 0.4) is 0 Å². The Morgan fingerprint density at radius 3 is 3.00 bits per heavy atom. The quantitative estimate of drug-likeness (QED) is 0.597. The molecule has 1 aromatic rings. The predicted molar refractivity (Wildman–Crippen MR) is 65.7 cm³/mol. The van der Waals surface area contributed by atoms with E-state index in [0.717, 1.165) is 17.9 Å². The highest BCUT2D eigenvalue weighted by Crippen LogP contribution is 2.16. The number of H-pyrrole nitrogens is 1. The molecule has 1 aromatic heterocycles. The fourth-order valence-electron chi connectivity index (χ4n) is 1.43. The molecule has 15 heavy (non-hydrogen) atoms. The van der Waals surface area contributed by atoms with Gasteiger partial charge in [-0.3, -0.25) is 9.67 Å². The zero-order valence-electron chi connectivity index (χ0n) is 9.06. The maximum Gasteiger partial charge on any atom is 0.195 e. The van der Waals surface area contributed by atoms with Gasteiger partial charge >= 0.3 is 0 Å². The third kappa shape index (κ3) is 3.32. The van der Waals surface area contributed by atoms with Gasteiger partial charge < -0.3 is 5.11 Å². The van der Waals surface area contributed by atoms with E-state index in [-0.39, 0.29) is 12.6 Å². The van der Waals surface area contributed by atoms with Crippen molar-refractivity contribution in [3.63, 3.8) is 0 Å². The molecular formula is C9H17N3OS2. The van der Waals surface area contributed by atoms with Crippen LogP contribution in [0.15, 0.2) is 0 Å². The smallest absolute Gasteiger partial charge is 0.195 e. The lowest BCUT2D eigenvalue weighted by molar-refractivity contribution is 0.260. The van der Waals surface area contributed by atoms with Crippen LogP contribution < -0.4 is 0 Å². The number of rotatable bonds is 6. The van der Waals surface area contributed by atoms with Crippen LogP contribution in [0.1, 0.15) is 32.1 Å². The number of thioether (sulfide) groups is 1. The van der Waals surface area contributed by atoms with Gasteiger partial charge in [-0.25, -0.2) is 0 Å². The zero-order valence-corrected chi connectivity index (χ0v) is 10.7. The summed E-state index contributed by atoms with van der Waals surface area (Å²) in [6, 6.07) is 0.289. The molecule has 0 aliphatic rings. The molecule has 0 aliphatic carbocycles. The summed E-state index contributed by atoms with van der Waals surface area (Å²) < 4.78 is 2.49. The molecule has 0 fully saturated rings. The molecule has 0 amide bonds. The first-order valence-corrected chi connectivity index (χ1v) is 6.61. The van der Waals surface area contributed by atoms with E-state index in [2.05, 4.69) is 24.0 Å². The highest BCUT2D eigenvalue weighted by Gasteiger charge is 2.11. The van der Waals surface area contributed by atoms with Gasteiger partial charge in [-0.05, 0) is 37.1 Å². The Morgan fingerprint density at radius 1 is 1.67 bits per heavy atom. The van der Waals surface area contributed by atoms with Crippen LogP contribution in [-0.2, 0) is 6.61 Å². The Balaban J connectivity index is 2.67. The predicted octanol–water partition coefficient (Wildman–Crippen LogP) is 2.14. The summed E-state index contributed by atoms with van der Waals surface area (Å²) in [6.07, 6.45) is 1.04. The Kier molecular flexibility index (Phi) is 5.35. The molecule has 6 heteroatoms. The van der Waals surface area contributed by atoms with E-state index in [1.54, 1.807) is 0 Å².